The van der Waals surface area contributed by atoms with Crippen LogP contribution in [-0.4, -0.2) is 22.6 Å². The zero-order valence-electron chi connectivity index (χ0n) is 10.3. The molecule has 0 heterocycles. The van der Waals surface area contributed by atoms with Crippen LogP contribution in [0.3, 0.4) is 0 Å². The fourth-order valence-electron chi connectivity index (χ4n) is 2.50. The van der Waals surface area contributed by atoms with Crippen LogP contribution in [0.15, 0.2) is 0 Å². The van der Waals surface area contributed by atoms with Gasteiger partial charge in [-0.1, -0.05) is 0 Å². The zero-order valence-corrected chi connectivity index (χ0v) is 12.0. The van der Waals surface area contributed by atoms with Crippen LogP contribution < -0.4 is 11.5 Å². The standard InChI is InChI=1S/C12H24N2OS2/c13-9-1-5-11(6-2-9)16-15-17-12-7-3-10(14)4-8-12/h9-12H,1-8,13-14H2. The maximum absolute atomic E-state index is 5.89. The molecule has 2 saturated carbocycles. The van der Waals surface area contributed by atoms with Gasteiger partial charge in [-0.3, -0.25) is 0 Å². The smallest absolute Gasteiger partial charge is 0.0325 e. The largest absolute Gasteiger partial charge is 0.328 e. The van der Waals surface area contributed by atoms with Crippen LogP contribution in [0.25, 0.3) is 0 Å². The SMILES string of the molecule is NC1CCC(SOSC2CCC(N)CC2)CC1. The summed E-state index contributed by atoms with van der Waals surface area (Å²) in [5, 5.41) is 1.32. The van der Waals surface area contributed by atoms with E-state index in [0.29, 0.717) is 22.6 Å². The van der Waals surface area contributed by atoms with Crippen molar-refractivity contribution >= 4 is 24.1 Å². The zero-order chi connectivity index (χ0) is 12.1. The van der Waals surface area contributed by atoms with Crippen LogP contribution in [0.4, 0.5) is 0 Å². The molecule has 0 aliphatic heterocycles. The molecule has 0 atom stereocenters. The van der Waals surface area contributed by atoms with Gasteiger partial charge in [0.2, 0.25) is 0 Å². The molecule has 0 aromatic heterocycles. The minimum absolute atomic E-state index is 0.430. The van der Waals surface area contributed by atoms with Crippen LogP contribution in [0.5, 0.6) is 0 Å². The van der Waals surface area contributed by atoms with Gasteiger partial charge in [0.1, 0.15) is 0 Å². The van der Waals surface area contributed by atoms with E-state index < -0.39 is 0 Å². The van der Waals surface area contributed by atoms with Crippen LogP contribution >= 0.6 is 24.1 Å². The Bertz CT molecular complexity index is 193. The lowest BCUT2D eigenvalue weighted by atomic mass is 9.96. The highest BCUT2D eigenvalue weighted by atomic mass is 32.2. The third-order valence-electron chi connectivity index (χ3n) is 3.79. The highest BCUT2D eigenvalue weighted by Crippen LogP contribution is 2.35. The van der Waals surface area contributed by atoms with Crippen molar-refractivity contribution in [3.63, 3.8) is 0 Å². The van der Waals surface area contributed by atoms with Crippen molar-refractivity contribution in [3.8, 4) is 0 Å². The van der Waals surface area contributed by atoms with Gasteiger partial charge in [-0.2, -0.15) is 0 Å². The highest BCUT2D eigenvalue weighted by molar-refractivity contribution is 8.08. The summed E-state index contributed by atoms with van der Waals surface area (Å²) in [7, 11) is 0. The molecule has 0 spiro atoms. The fourth-order valence-corrected chi connectivity index (χ4v) is 4.50. The summed E-state index contributed by atoms with van der Waals surface area (Å²) >= 11 is 3.34. The first-order valence-electron chi connectivity index (χ1n) is 6.74. The third kappa shape index (κ3) is 4.99. The van der Waals surface area contributed by atoms with Gasteiger partial charge < -0.3 is 11.5 Å². The molecule has 0 saturated heterocycles. The van der Waals surface area contributed by atoms with Crippen LogP contribution in [0, 0.1) is 0 Å². The molecule has 0 aromatic rings. The van der Waals surface area contributed by atoms with Gasteiger partial charge in [0.05, 0.1) is 0 Å². The molecule has 0 radical (unpaired) electrons. The second-order valence-electron chi connectivity index (χ2n) is 5.33. The van der Waals surface area contributed by atoms with Crippen molar-refractivity contribution in [2.45, 2.75) is 74.0 Å². The minimum atomic E-state index is 0.430. The maximum atomic E-state index is 5.89. The Balaban J connectivity index is 1.54. The van der Waals surface area contributed by atoms with Crippen LogP contribution in [-0.2, 0) is 3.63 Å². The molecule has 4 N–H and O–H groups in total. The van der Waals surface area contributed by atoms with Gasteiger partial charge in [-0.05, 0) is 51.4 Å². The molecule has 2 fully saturated rings. The second kappa shape index (κ2) is 7.24. The molecule has 2 aliphatic rings. The monoisotopic (exact) mass is 276 g/mol. The first-order valence-corrected chi connectivity index (χ1v) is 8.35. The predicted molar refractivity (Wildman–Crippen MR) is 76.7 cm³/mol. The van der Waals surface area contributed by atoms with Gasteiger partial charge in [-0.15, -0.1) is 0 Å². The van der Waals surface area contributed by atoms with E-state index in [9.17, 15) is 0 Å². The first-order chi connectivity index (χ1) is 8.24. The summed E-state index contributed by atoms with van der Waals surface area (Å²) in [4.78, 5) is 0. The van der Waals surface area contributed by atoms with Crippen molar-refractivity contribution in [1.82, 2.24) is 0 Å². The number of hydrogen-bond donors (Lipinski definition) is 2. The van der Waals surface area contributed by atoms with E-state index in [-0.39, 0.29) is 0 Å². The molecule has 0 bridgehead atoms. The maximum Gasteiger partial charge on any atom is 0.0325 e. The summed E-state index contributed by atoms with van der Waals surface area (Å²) in [6, 6.07) is 0.860. The van der Waals surface area contributed by atoms with Crippen molar-refractivity contribution in [2.75, 3.05) is 0 Å². The Morgan fingerprint density at radius 2 is 1.00 bits per heavy atom. The second-order valence-corrected chi connectivity index (χ2v) is 7.60. The third-order valence-corrected chi connectivity index (χ3v) is 5.90. The Morgan fingerprint density at radius 3 is 1.35 bits per heavy atom. The summed E-state index contributed by atoms with van der Waals surface area (Å²) in [5.41, 5.74) is 11.8. The molecular weight excluding hydrogens is 252 g/mol. The summed E-state index contributed by atoms with van der Waals surface area (Å²) in [6.45, 7) is 0. The molecular formula is C12H24N2OS2. The van der Waals surface area contributed by atoms with E-state index in [4.69, 9.17) is 15.1 Å². The summed E-state index contributed by atoms with van der Waals surface area (Å²) in [5.74, 6) is 0. The summed E-state index contributed by atoms with van der Waals surface area (Å²) in [6.07, 6.45) is 9.47. The Hall–Kier alpha value is 0.580. The highest BCUT2D eigenvalue weighted by Gasteiger charge is 2.22. The lowest BCUT2D eigenvalue weighted by Crippen LogP contribution is -2.28. The molecule has 2 rings (SSSR count). The Labute approximate surface area is 113 Å². The van der Waals surface area contributed by atoms with Crippen molar-refractivity contribution in [2.24, 2.45) is 11.5 Å². The Morgan fingerprint density at radius 1 is 0.647 bits per heavy atom. The van der Waals surface area contributed by atoms with Crippen LogP contribution in [0.2, 0.25) is 0 Å². The lowest BCUT2D eigenvalue weighted by molar-refractivity contribution is 0.439. The van der Waals surface area contributed by atoms with E-state index in [1.807, 2.05) is 0 Å². The fraction of sp³-hybridized carbons (Fsp3) is 1.00. The molecule has 5 heteroatoms. The predicted octanol–water partition coefficient (Wildman–Crippen LogP) is 2.84. The van der Waals surface area contributed by atoms with Gasteiger partial charge >= 0.3 is 0 Å². The average molecular weight is 276 g/mol. The number of nitrogens with two attached hydrogens (primary N) is 2. The van der Waals surface area contributed by atoms with Gasteiger partial charge in [0.25, 0.3) is 0 Å². The van der Waals surface area contributed by atoms with Crippen molar-refractivity contribution in [3.05, 3.63) is 0 Å². The normalized spacial score (nSPS) is 39.2. The molecule has 100 valence electrons. The Kier molecular flexibility index (Phi) is 5.96. The van der Waals surface area contributed by atoms with E-state index in [1.165, 1.54) is 25.7 Å². The number of hydrogen-bond acceptors (Lipinski definition) is 5. The van der Waals surface area contributed by atoms with Crippen molar-refractivity contribution in [1.29, 1.82) is 0 Å². The minimum Gasteiger partial charge on any atom is -0.328 e. The average Bonchev–Trinajstić information content (AvgIpc) is 2.34. The molecule has 17 heavy (non-hydrogen) atoms. The van der Waals surface area contributed by atoms with E-state index in [1.54, 1.807) is 24.1 Å². The van der Waals surface area contributed by atoms with Crippen molar-refractivity contribution < 1.29 is 3.63 Å². The first kappa shape index (κ1) is 14.0. The molecule has 2 aliphatic carbocycles. The van der Waals surface area contributed by atoms with Gasteiger partial charge in [-0.25, -0.2) is 3.63 Å². The lowest BCUT2D eigenvalue weighted by Gasteiger charge is -2.27. The number of rotatable bonds is 4. The molecule has 0 amide bonds. The molecule has 0 unspecified atom stereocenters. The van der Waals surface area contributed by atoms with E-state index in [2.05, 4.69) is 0 Å². The van der Waals surface area contributed by atoms with Gasteiger partial charge in [0, 0.05) is 46.7 Å². The molecule has 0 aromatic carbocycles. The topological polar surface area (TPSA) is 61.3 Å². The van der Waals surface area contributed by atoms with Gasteiger partial charge in [0.15, 0.2) is 0 Å². The summed E-state index contributed by atoms with van der Waals surface area (Å²) < 4.78 is 5.73. The molecule has 3 nitrogen and oxygen atoms in total. The van der Waals surface area contributed by atoms with Crippen LogP contribution in [0.1, 0.15) is 51.4 Å². The quantitative estimate of drug-likeness (QED) is 0.773. The van der Waals surface area contributed by atoms with E-state index >= 15 is 0 Å². The van der Waals surface area contributed by atoms with E-state index in [0.717, 1.165) is 25.7 Å².